The van der Waals surface area contributed by atoms with Gasteiger partial charge in [0.05, 0.1) is 18.4 Å². The Bertz CT molecular complexity index is 758. The fraction of sp³-hybridized carbons (Fsp3) is 0.143. The van der Waals surface area contributed by atoms with Crippen LogP contribution in [0.4, 0.5) is 18.9 Å². The van der Waals surface area contributed by atoms with Crippen molar-refractivity contribution in [1.29, 1.82) is 0 Å². The largest absolute Gasteiger partial charge is 0.465 e. The third-order valence-corrected chi connectivity index (χ3v) is 3.03. The number of pyridine rings is 1. The second-order valence-electron chi connectivity index (χ2n) is 4.50. The highest BCUT2D eigenvalue weighted by Crippen LogP contribution is 2.37. The van der Waals surface area contributed by atoms with Crippen LogP contribution in [-0.2, 0) is 10.9 Å². The zero-order valence-electron chi connectivity index (χ0n) is 12.6. The van der Waals surface area contributed by atoms with E-state index in [0.29, 0.717) is 0 Å². The Balaban J connectivity index is 2.37. The van der Waals surface area contributed by atoms with Gasteiger partial charge in [0.1, 0.15) is 11.3 Å². The van der Waals surface area contributed by atoms with Crippen molar-refractivity contribution in [2.45, 2.75) is 6.18 Å². The molecule has 0 fully saturated rings. The number of hydrogen-bond acceptors (Lipinski definition) is 7. The Hall–Kier alpha value is -2.56. The summed E-state index contributed by atoms with van der Waals surface area (Å²) in [6, 6.07) is 5.93. The molecule has 0 saturated carbocycles. The second-order valence-corrected chi connectivity index (χ2v) is 4.69. The van der Waals surface area contributed by atoms with Gasteiger partial charge in [-0.15, -0.1) is 0 Å². The van der Waals surface area contributed by atoms with E-state index >= 15 is 0 Å². The summed E-state index contributed by atoms with van der Waals surface area (Å²) < 4.78 is 48.8. The van der Waals surface area contributed by atoms with Crippen molar-refractivity contribution in [1.82, 2.24) is 15.5 Å². The van der Waals surface area contributed by atoms with Crippen molar-refractivity contribution in [3.63, 3.8) is 0 Å². The van der Waals surface area contributed by atoms with E-state index in [1.807, 2.05) is 0 Å². The van der Waals surface area contributed by atoms with Crippen LogP contribution in [0.3, 0.4) is 0 Å². The number of aromatic nitrogens is 1. The molecule has 0 unspecified atom stereocenters. The zero-order chi connectivity index (χ0) is 18.4. The summed E-state index contributed by atoms with van der Waals surface area (Å²) in [4.78, 5) is 17.5. The van der Waals surface area contributed by atoms with Gasteiger partial charge in [-0.2, -0.15) is 23.7 Å². The molecule has 0 bridgehead atoms. The lowest BCUT2D eigenvalue weighted by Gasteiger charge is -2.14. The molecule has 1 heterocycles. The second kappa shape index (κ2) is 8.01. The number of ether oxygens (including phenoxy) is 2. The van der Waals surface area contributed by atoms with E-state index in [2.05, 4.69) is 25.6 Å². The molecule has 2 rings (SSSR count). The minimum atomic E-state index is -4.63. The summed E-state index contributed by atoms with van der Waals surface area (Å²) >= 11 is 5.24. The number of hydrogen-bond donors (Lipinski definition) is 3. The molecule has 0 amide bonds. The number of alkyl halides is 3. The number of carbonyl (C=O) groups is 1. The Morgan fingerprint density at radius 3 is 2.68 bits per heavy atom. The van der Waals surface area contributed by atoms with Crippen LogP contribution in [-0.4, -0.2) is 18.1 Å². The molecule has 0 saturated heterocycles. The standard InChI is InChI=1S/C14H12ClF3N4O3/c1-24-13(23)9-7-8(4-5-11(9)20-22-21-15)25-12-10(14(16,17)18)3-2-6-19-12/h2-7,20-22H,1H3. The molecule has 0 aliphatic rings. The van der Waals surface area contributed by atoms with Crippen LogP contribution in [0.5, 0.6) is 11.6 Å². The highest BCUT2D eigenvalue weighted by Gasteiger charge is 2.35. The smallest absolute Gasteiger partial charge is 0.421 e. The summed E-state index contributed by atoms with van der Waals surface area (Å²) in [6.45, 7) is 0. The molecule has 0 atom stereocenters. The van der Waals surface area contributed by atoms with Crippen LogP contribution in [0, 0.1) is 0 Å². The first-order valence-electron chi connectivity index (χ1n) is 6.66. The molecule has 2 aromatic rings. The quantitative estimate of drug-likeness (QED) is 0.405. The molecule has 7 nitrogen and oxygen atoms in total. The molecule has 0 aliphatic carbocycles. The van der Waals surface area contributed by atoms with Crippen molar-refractivity contribution in [3.05, 3.63) is 47.7 Å². The lowest BCUT2D eigenvalue weighted by atomic mass is 10.1. The van der Waals surface area contributed by atoms with Crippen LogP contribution >= 0.6 is 11.8 Å². The average molecular weight is 377 g/mol. The Morgan fingerprint density at radius 1 is 1.28 bits per heavy atom. The van der Waals surface area contributed by atoms with Gasteiger partial charge in [-0.25, -0.2) is 9.78 Å². The third-order valence-electron chi connectivity index (χ3n) is 2.93. The van der Waals surface area contributed by atoms with Crippen molar-refractivity contribution in [2.24, 2.45) is 0 Å². The minimum Gasteiger partial charge on any atom is -0.465 e. The molecule has 1 aromatic carbocycles. The maximum Gasteiger partial charge on any atom is 0.421 e. The van der Waals surface area contributed by atoms with Gasteiger partial charge in [0.25, 0.3) is 0 Å². The monoisotopic (exact) mass is 376 g/mol. The molecule has 1 aromatic heterocycles. The van der Waals surface area contributed by atoms with Gasteiger partial charge >= 0.3 is 12.1 Å². The van der Waals surface area contributed by atoms with Gasteiger partial charge in [0.2, 0.25) is 5.88 Å². The molecular weight excluding hydrogens is 365 g/mol. The van der Waals surface area contributed by atoms with Gasteiger partial charge in [-0.3, -0.25) is 0 Å². The Labute approximate surface area is 145 Å². The fourth-order valence-corrected chi connectivity index (χ4v) is 1.91. The van der Waals surface area contributed by atoms with Crippen molar-refractivity contribution in [2.75, 3.05) is 12.5 Å². The van der Waals surface area contributed by atoms with Crippen LogP contribution in [0.15, 0.2) is 36.5 Å². The zero-order valence-corrected chi connectivity index (χ0v) is 13.4. The van der Waals surface area contributed by atoms with E-state index in [4.69, 9.17) is 16.5 Å². The number of rotatable bonds is 6. The van der Waals surface area contributed by atoms with Crippen LogP contribution in [0.25, 0.3) is 0 Å². The van der Waals surface area contributed by atoms with Gasteiger partial charge < -0.3 is 14.9 Å². The number of esters is 1. The number of anilines is 1. The highest BCUT2D eigenvalue weighted by molar-refractivity contribution is 6.13. The van der Waals surface area contributed by atoms with E-state index in [0.717, 1.165) is 25.4 Å². The van der Waals surface area contributed by atoms with Crippen molar-refractivity contribution in [3.8, 4) is 11.6 Å². The summed E-state index contributed by atoms with van der Waals surface area (Å²) in [6.07, 6.45) is -3.47. The van der Waals surface area contributed by atoms with E-state index in [1.54, 1.807) is 0 Å². The summed E-state index contributed by atoms with van der Waals surface area (Å²) in [5.74, 6) is -1.40. The van der Waals surface area contributed by atoms with Gasteiger partial charge in [-0.05, 0) is 42.1 Å². The predicted octanol–water partition coefficient (Wildman–Crippen LogP) is 3.25. The predicted molar refractivity (Wildman–Crippen MR) is 82.8 cm³/mol. The fourth-order valence-electron chi connectivity index (χ4n) is 1.87. The maximum atomic E-state index is 13.0. The molecule has 0 aliphatic heterocycles. The molecular formula is C14H12ClF3N4O3. The van der Waals surface area contributed by atoms with E-state index < -0.39 is 23.6 Å². The number of nitrogens with one attached hydrogen (secondary N) is 3. The van der Waals surface area contributed by atoms with Gasteiger partial charge in [0, 0.05) is 6.20 Å². The first kappa shape index (κ1) is 18.8. The number of nitrogens with zero attached hydrogens (tertiary/aromatic N) is 1. The van der Waals surface area contributed by atoms with E-state index in [-0.39, 0.29) is 17.0 Å². The topological polar surface area (TPSA) is 84.5 Å². The molecule has 3 N–H and O–H groups in total. The average Bonchev–Trinajstić information content (AvgIpc) is 2.59. The number of hydrazine groups is 2. The highest BCUT2D eigenvalue weighted by atomic mass is 35.5. The minimum absolute atomic E-state index is 0.00362. The number of halogens is 4. The number of carbonyl (C=O) groups excluding carboxylic acids is 1. The molecule has 0 radical (unpaired) electrons. The van der Waals surface area contributed by atoms with Crippen LogP contribution < -0.4 is 20.6 Å². The summed E-state index contributed by atoms with van der Waals surface area (Å²) in [5, 5.41) is 0. The lowest BCUT2D eigenvalue weighted by molar-refractivity contribution is -0.138. The first-order valence-corrected chi connectivity index (χ1v) is 7.03. The van der Waals surface area contributed by atoms with Crippen molar-refractivity contribution < 1.29 is 27.4 Å². The number of methoxy groups -OCH3 is 1. The lowest BCUT2D eigenvalue weighted by Crippen LogP contribution is -2.30. The molecule has 11 heteroatoms. The van der Waals surface area contributed by atoms with E-state index in [9.17, 15) is 18.0 Å². The van der Waals surface area contributed by atoms with Crippen molar-refractivity contribution >= 4 is 23.4 Å². The Morgan fingerprint density at radius 2 is 2.04 bits per heavy atom. The third kappa shape index (κ3) is 4.72. The van der Waals surface area contributed by atoms with Gasteiger partial charge in [-0.1, -0.05) is 0 Å². The van der Waals surface area contributed by atoms with Crippen LogP contribution in [0.1, 0.15) is 15.9 Å². The van der Waals surface area contributed by atoms with Gasteiger partial charge in [0.15, 0.2) is 0 Å². The normalized spacial score (nSPS) is 11.1. The molecule has 134 valence electrons. The summed E-state index contributed by atoms with van der Waals surface area (Å²) in [7, 11) is 1.16. The summed E-state index contributed by atoms with van der Waals surface area (Å²) in [5.41, 5.74) is 4.12. The Kier molecular flexibility index (Phi) is 6.02. The first-order chi connectivity index (χ1) is 11.9. The molecule has 25 heavy (non-hydrogen) atoms. The SMILES string of the molecule is COC(=O)c1cc(Oc2ncccc2C(F)(F)F)ccc1NNNCl. The van der Waals surface area contributed by atoms with Crippen LogP contribution in [0.2, 0.25) is 0 Å². The maximum absolute atomic E-state index is 13.0. The number of benzene rings is 1. The van der Waals surface area contributed by atoms with E-state index in [1.165, 1.54) is 18.2 Å². The molecule has 0 spiro atoms.